The zero-order valence-electron chi connectivity index (χ0n) is 12.8. The molecule has 0 bridgehead atoms. The van der Waals surface area contributed by atoms with Crippen molar-refractivity contribution in [1.29, 1.82) is 0 Å². The van der Waals surface area contributed by atoms with Crippen molar-refractivity contribution >= 4 is 27.0 Å². The lowest BCUT2D eigenvalue weighted by molar-refractivity contribution is 0.593. The highest BCUT2D eigenvalue weighted by Gasteiger charge is 2.60. The number of thiocarbonyl (C=S) groups is 1. The maximum Gasteiger partial charge on any atom is 0.182 e. The lowest BCUT2D eigenvalue weighted by Crippen LogP contribution is -2.17. The van der Waals surface area contributed by atoms with Gasteiger partial charge in [-0.1, -0.05) is 61.6 Å². The van der Waals surface area contributed by atoms with E-state index in [-0.39, 0.29) is 16.8 Å². The van der Waals surface area contributed by atoms with Crippen LogP contribution < -0.4 is 5.73 Å². The van der Waals surface area contributed by atoms with E-state index >= 15 is 0 Å². The Bertz CT molecular complexity index is 814. The van der Waals surface area contributed by atoms with Crippen molar-refractivity contribution < 1.29 is 8.42 Å². The molecule has 1 aliphatic carbocycles. The molecule has 120 valence electrons. The number of aryl methyl sites for hydroxylation is 1. The molecule has 0 aliphatic heterocycles. The van der Waals surface area contributed by atoms with Gasteiger partial charge in [-0.25, -0.2) is 8.42 Å². The first-order chi connectivity index (χ1) is 11.0. The summed E-state index contributed by atoms with van der Waals surface area (Å²) in [7, 11) is -3.44. The third kappa shape index (κ3) is 2.91. The largest absolute Gasteiger partial charge is 0.393 e. The summed E-state index contributed by atoms with van der Waals surface area (Å²) < 4.78 is 25.8. The monoisotopic (exact) mass is 345 g/mol. The molecule has 5 heteroatoms. The highest BCUT2D eigenvalue weighted by atomic mass is 32.2. The first-order valence-electron chi connectivity index (χ1n) is 7.64. The van der Waals surface area contributed by atoms with Gasteiger partial charge in [-0.3, -0.25) is 0 Å². The molecule has 0 spiro atoms. The van der Waals surface area contributed by atoms with Crippen molar-refractivity contribution in [2.45, 2.75) is 29.4 Å². The van der Waals surface area contributed by atoms with Crippen LogP contribution in [-0.4, -0.2) is 18.7 Å². The highest BCUT2D eigenvalue weighted by molar-refractivity contribution is 7.92. The minimum Gasteiger partial charge on any atom is -0.393 e. The summed E-state index contributed by atoms with van der Waals surface area (Å²) >= 11 is 5.12. The fourth-order valence-electron chi connectivity index (χ4n) is 3.15. The van der Waals surface area contributed by atoms with Gasteiger partial charge in [0.25, 0.3) is 0 Å². The molecular formula is C18H19NO2S2. The molecule has 2 aromatic carbocycles. The number of hydrogen-bond donors (Lipinski definition) is 1. The van der Waals surface area contributed by atoms with E-state index in [2.05, 4.69) is 6.92 Å². The lowest BCUT2D eigenvalue weighted by Gasteiger charge is -2.04. The summed E-state index contributed by atoms with van der Waals surface area (Å²) in [6.07, 6.45) is 0.954. The Kier molecular flexibility index (Phi) is 4.25. The van der Waals surface area contributed by atoms with Crippen LogP contribution in [0.15, 0.2) is 59.5 Å². The van der Waals surface area contributed by atoms with Gasteiger partial charge < -0.3 is 5.73 Å². The molecule has 3 rings (SSSR count). The summed E-state index contributed by atoms with van der Waals surface area (Å²) in [6.45, 7) is 2.09. The van der Waals surface area contributed by atoms with Crippen LogP contribution in [0.3, 0.4) is 0 Å². The average Bonchev–Trinajstić information content (AvgIpc) is 3.32. The molecule has 0 saturated heterocycles. The maximum atomic E-state index is 12.9. The first-order valence-corrected chi connectivity index (χ1v) is 9.59. The van der Waals surface area contributed by atoms with E-state index in [1.165, 1.54) is 5.56 Å². The normalized spacial score (nSPS) is 23.4. The van der Waals surface area contributed by atoms with Crippen molar-refractivity contribution in [2.75, 3.05) is 0 Å². The Morgan fingerprint density at radius 1 is 1.09 bits per heavy atom. The van der Waals surface area contributed by atoms with Crippen LogP contribution in [0.2, 0.25) is 0 Å². The lowest BCUT2D eigenvalue weighted by atomic mass is 10.1. The van der Waals surface area contributed by atoms with Crippen molar-refractivity contribution in [3.63, 3.8) is 0 Å². The van der Waals surface area contributed by atoms with E-state index in [9.17, 15) is 8.42 Å². The SMILES string of the molecule is CCc1ccc([C@@H]2[C@@H](C(N)=S)[C@H]2S(=O)(=O)c2ccccc2)cc1. The standard InChI is InChI=1S/C18H19NO2S2/c1-2-12-8-10-13(11-9-12)15-16(18(19)22)17(15)23(20,21)14-6-4-3-5-7-14/h3-11,15-17H,2H2,1H3,(H2,19,22)/t15-,16-,17+/m1/s1. The summed E-state index contributed by atoms with van der Waals surface area (Å²) in [6, 6.07) is 16.6. The van der Waals surface area contributed by atoms with Crippen molar-refractivity contribution in [3.05, 3.63) is 65.7 Å². The number of hydrogen-bond acceptors (Lipinski definition) is 3. The van der Waals surface area contributed by atoms with E-state index in [1.54, 1.807) is 30.3 Å². The number of benzene rings is 2. The second kappa shape index (κ2) is 6.06. The molecule has 1 saturated carbocycles. The highest BCUT2D eigenvalue weighted by Crippen LogP contribution is 2.54. The van der Waals surface area contributed by atoms with Crippen LogP contribution in [-0.2, 0) is 16.3 Å². The van der Waals surface area contributed by atoms with E-state index in [0.29, 0.717) is 4.90 Å². The first kappa shape index (κ1) is 16.1. The van der Waals surface area contributed by atoms with Gasteiger partial charge in [0.15, 0.2) is 9.84 Å². The number of sulfone groups is 1. The van der Waals surface area contributed by atoms with Crippen molar-refractivity contribution in [1.82, 2.24) is 0 Å². The van der Waals surface area contributed by atoms with Crippen LogP contribution >= 0.6 is 12.2 Å². The van der Waals surface area contributed by atoms with Crippen LogP contribution in [0.25, 0.3) is 0 Å². The van der Waals surface area contributed by atoms with Crippen LogP contribution in [0.5, 0.6) is 0 Å². The topological polar surface area (TPSA) is 60.2 Å². The second-order valence-corrected chi connectivity index (χ2v) is 8.45. The Morgan fingerprint density at radius 2 is 1.70 bits per heavy atom. The maximum absolute atomic E-state index is 12.9. The molecule has 0 unspecified atom stereocenters. The van der Waals surface area contributed by atoms with E-state index in [4.69, 9.17) is 18.0 Å². The Balaban J connectivity index is 1.96. The molecule has 3 nitrogen and oxygen atoms in total. The van der Waals surface area contributed by atoms with Gasteiger partial charge in [-0.2, -0.15) is 0 Å². The van der Waals surface area contributed by atoms with Gasteiger partial charge in [0.2, 0.25) is 0 Å². The zero-order chi connectivity index (χ0) is 16.6. The fourth-order valence-corrected chi connectivity index (χ4v) is 5.70. The van der Waals surface area contributed by atoms with Gasteiger partial charge in [-0.05, 0) is 29.7 Å². The minimum atomic E-state index is -3.44. The van der Waals surface area contributed by atoms with Gasteiger partial charge in [0.05, 0.1) is 15.1 Å². The van der Waals surface area contributed by atoms with Crippen molar-refractivity contribution in [2.24, 2.45) is 11.7 Å². The van der Waals surface area contributed by atoms with Crippen LogP contribution in [0.4, 0.5) is 0 Å². The summed E-state index contributed by atoms with van der Waals surface area (Å²) in [5.74, 6) is -0.439. The average molecular weight is 345 g/mol. The van der Waals surface area contributed by atoms with Crippen LogP contribution in [0.1, 0.15) is 24.0 Å². The minimum absolute atomic E-state index is 0.149. The van der Waals surface area contributed by atoms with Crippen molar-refractivity contribution in [3.8, 4) is 0 Å². The van der Waals surface area contributed by atoms with Gasteiger partial charge in [-0.15, -0.1) is 0 Å². The van der Waals surface area contributed by atoms with Gasteiger partial charge in [0, 0.05) is 11.8 Å². The summed E-state index contributed by atoms with van der Waals surface area (Å²) in [5.41, 5.74) is 8.03. The number of rotatable bonds is 5. The summed E-state index contributed by atoms with van der Waals surface area (Å²) in [4.78, 5) is 0.609. The van der Waals surface area contributed by atoms with E-state index in [1.807, 2.05) is 24.3 Å². The quantitative estimate of drug-likeness (QED) is 0.846. The Hall–Kier alpha value is -1.72. The molecule has 0 amide bonds. The third-order valence-electron chi connectivity index (χ3n) is 4.49. The summed E-state index contributed by atoms with van der Waals surface area (Å²) in [5, 5.41) is -0.560. The predicted molar refractivity (Wildman–Crippen MR) is 96.3 cm³/mol. The second-order valence-electron chi connectivity index (χ2n) is 5.87. The molecule has 23 heavy (non-hydrogen) atoms. The Morgan fingerprint density at radius 3 is 2.22 bits per heavy atom. The molecule has 1 fully saturated rings. The fraction of sp³-hybridized carbons (Fsp3) is 0.278. The zero-order valence-corrected chi connectivity index (χ0v) is 14.5. The van der Waals surface area contributed by atoms with Gasteiger partial charge in [0.1, 0.15) is 0 Å². The molecule has 3 atom stereocenters. The van der Waals surface area contributed by atoms with Gasteiger partial charge >= 0.3 is 0 Å². The molecule has 0 heterocycles. The van der Waals surface area contributed by atoms with E-state index in [0.717, 1.165) is 12.0 Å². The smallest absolute Gasteiger partial charge is 0.182 e. The predicted octanol–water partition coefficient (Wildman–Crippen LogP) is 3.09. The molecule has 0 aromatic heterocycles. The molecular weight excluding hydrogens is 326 g/mol. The molecule has 2 N–H and O–H groups in total. The molecule has 1 aliphatic rings. The third-order valence-corrected chi connectivity index (χ3v) is 6.99. The van der Waals surface area contributed by atoms with Crippen LogP contribution in [0, 0.1) is 5.92 Å². The number of nitrogens with two attached hydrogens (primary N) is 1. The Labute approximate surface area is 142 Å². The van der Waals surface area contributed by atoms with E-state index < -0.39 is 15.1 Å². The molecule has 0 radical (unpaired) electrons. The molecule has 2 aromatic rings.